The summed E-state index contributed by atoms with van der Waals surface area (Å²) in [6.45, 7) is 3.42. The second-order valence-corrected chi connectivity index (χ2v) is 5.06. The number of nitrogens with zero attached hydrogens (tertiary/aromatic N) is 4. The largest absolute Gasteiger partial charge is 0.363 e. The molecule has 1 N–H and O–H groups in total. The summed E-state index contributed by atoms with van der Waals surface area (Å²) in [6, 6.07) is 0. The van der Waals surface area contributed by atoms with Crippen LogP contribution in [-0.4, -0.2) is 26.7 Å². The Labute approximate surface area is 120 Å². The van der Waals surface area contributed by atoms with E-state index in [9.17, 15) is 4.79 Å². The van der Waals surface area contributed by atoms with E-state index in [1.54, 1.807) is 6.20 Å². The van der Waals surface area contributed by atoms with Gasteiger partial charge in [0.25, 0.3) is 5.56 Å². The van der Waals surface area contributed by atoms with E-state index in [1.165, 1.54) is 0 Å². The molecule has 1 aliphatic rings. The van der Waals surface area contributed by atoms with Gasteiger partial charge in [0, 0.05) is 19.2 Å². The Morgan fingerprint density at radius 1 is 1.45 bits per heavy atom. The molecule has 1 aliphatic heterocycles. The monoisotopic (exact) mass is 291 g/mol. The van der Waals surface area contributed by atoms with E-state index in [4.69, 9.17) is 11.6 Å². The summed E-state index contributed by atoms with van der Waals surface area (Å²) in [7, 11) is 0. The number of anilines is 1. The third-order valence-electron chi connectivity index (χ3n) is 3.43. The lowest BCUT2D eigenvalue weighted by atomic mass is 10.1. The SMILES string of the molecule is CCc1ncc2c(n1)CN(c1cn[nH]c(=O)c1Cl)CC2. The molecule has 0 amide bonds. The first-order chi connectivity index (χ1) is 9.69. The first-order valence-electron chi connectivity index (χ1n) is 6.51. The quantitative estimate of drug-likeness (QED) is 0.904. The standard InChI is InChI=1S/C13H14ClN5O/c1-2-11-15-5-8-3-4-19(7-9(8)17-11)10-6-16-18-13(20)12(10)14/h5-6H,2-4,7H2,1H3,(H,18,20). The molecule has 2 aromatic rings. The molecule has 0 saturated heterocycles. The van der Waals surface area contributed by atoms with Crippen molar-refractivity contribution in [1.82, 2.24) is 20.2 Å². The first kappa shape index (κ1) is 13.1. The highest BCUT2D eigenvalue weighted by molar-refractivity contribution is 6.32. The topological polar surface area (TPSA) is 74.8 Å². The Kier molecular flexibility index (Phi) is 3.40. The molecule has 7 heteroatoms. The van der Waals surface area contributed by atoms with Crippen molar-refractivity contribution in [1.29, 1.82) is 0 Å². The number of hydrogen-bond donors (Lipinski definition) is 1. The molecule has 0 aromatic carbocycles. The zero-order valence-electron chi connectivity index (χ0n) is 11.1. The van der Waals surface area contributed by atoms with E-state index in [2.05, 4.69) is 20.2 Å². The summed E-state index contributed by atoms with van der Waals surface area (Å²) in [6.07, 6.45) is 5.12. The molecule has 3 heterocycles. The lowest BCUT2D eigenvalue weighted by Crippen LogP contribution is -2.33. The first-order valence-corrected chi connectivity index (χ1v) is 6.88. The van der Waals surface area contributed by atoms with Gasteiger partial charge in [-0.2, -0.15) is 5.10 Å². The van der Waals surface area contributed by atoms with Gasteiger partial charge in [-0.3, -0.25) is 4.79 Å². The normalized spacial score (nSPS) is 14.2. The maximum atomic E-state index is 11.5. The highest BCUT2D eigenvalue weighted by Gasteiger charge is 2.21. The molecule has 0 bridgehead atoms. The lowest BCUT2D eigenvalue weighted by Gasteiger charge is -2.29. The summed E-state index contributed by atoms with van der Waals surface area (Å²) in [5.74, 6) is 0.834. The molecular formula is C13H14ClN5O. The Morgan fingerprint density at radius 3 is 3.10 bits per heavy atom. The molecule has 0 radical (unpaired) electrons. The molecule has 0 spiro atoms. The van der Waals surface area contributed by atoms with E-state index in [0.29, 0.717) is 12.2 Å². The Balaban J connectivity index is 1.95. The van der Waals surface area contributed by atoms with Crippen LogP contribution >= 0.6 is 11.6 Å². The number of fused-ring (bicyclic) bond motifs is 1. The minimum absolute atomic E-state index is 0.174. The average molecular weight is 292 g/mol. The van der Waals surface area contributed by atoms with Crippen molar-refractivity contribution in [3.05, 3.63) is 44.9 Å². The Hall–Kier alpha value is -1.95. The molecule has 2 aromatic heterocycles. The van der Waals surface area contributed by atoms with E-state index in [1.807, 2.05) is 18.0 Å². The predicted molar refractivity (Wildman–Crippen MR) is 76.0 cm³/mol. The summed E-state index contributed by atoms with van der Waals surface area (Å²) in [5.41, 5.74) is 2.44. The van der Waals surface area contributed by atoms with Crippen LogP contribution in [0.25, 0.3) is 0 Å². The molecule has 3 rings (SSSR count). The van der Waals surface area contributed by atoms with Crippen LogP contribution < -0.4 is 10.5 Å². The molecule has 0 saturated carbocycles. The molecule has 20 heavy (non-hydrogen) atoms. The third-order valence-corrected chi connectivity index (χ3v) is 3.80. The number of aromatic nitrogens is 4. The van der Waals surface area contributed by atoms with Gasteiger partial charge in [0.2, 0.25) is 0 Å². The molecule has 0 unspecified atom stereocenters. The number of aryl methyl sites for hydroxylation is 1. The van der Waals surface area contributed by atoms with E-state index < -0.39 is 0 Å². The second kappa shape index (κ2) is 5.20. The van der Waals surface area contributed by atoms with Crippen molar-refractivity contribution < 1.29 is 0 Å². The van der Waals surface area contributed by atoms with Crippen LogP contribution in [0.5, 0.6) is 0 Å². The van der Waals surface area contributed by atoms with Gasteiger partial charge in [0.1, 0.15) is 10.8 Å². The van der Waals surface area contributed by atoms with Gasteiger partial charge in [0.05, 0.1) is 24.1 Å². The van der Waals surface area contributed by atoms with Crippen molar-refractivity contribution in [2.24, 2.45) is 0 Å². The maximum Gasteiger partial charge on any atom is 0.285 e. The van der Waals surface area contributed by atoms with Crippen LogP contribution in [0.4, 0.5) is 5.69 Å². The fourth-order valence-corrected chi connectivity index (χ4v) is 2.53. The van der Waals surface area contributed by atoms with E-state index in [-0.39, 0.29) is 10.6 Å². The molecule has 0 aliphatic carbocycles. The molecule has 6 nitrogen and oxygen atoms in total. The number of halogens is 1. The molecule has 0 fully saturated rings. The summed E-state index contributed by atoms with van der Waals surface area (Å²) < 4.78 is 0. The number of aromatic amines is 1. The fourth-order valence-electron chi connectivity index (χ4n) is 2.31. The van der Waals surface area contributed by atoms with Gasteiger partial charge >= 0.3 is 0 Å². The number of rotatable bonds is 2. The zero-order valence-corrected chi connectivity index (χ0v) is 11.8. The van der Waals surface area contributed by atoms with Crippen LogP contribution in [0.2, 0.25) is 5.02 Å². The Bertz CT molecular complexity index is 699. The second-order valence-electron chi connectivity index (χ2n) is 4.68. The number of H-pyrrole nitrogens is 1. The molecule has 104 valence electrons. The van der Waals surface area contributed by atoms with E-state index in [0.717, 1.165) is 36.5 Å². The van der Waals surface area contributed by atoms with Gasteiger partial charge < -0.3 is 4.90 Å². The minimum Gasteiger partial charge on any atom is -0.363 e. The molecular weight excluding hydrogens is 278 g/mol. The predicted octanol–water partition coefficient (Wildman–Crippen LogP) is 1.34. The van der Waals surface area contributed by atoms with Gasteiger partial charge in [-0.15, -0.1) is 0 Å². The highest BCUT2D eigenvalue weighted by Crippen LogP contribution is 2.26. The van der Waals surface area contributed by atoms with E-state index >= 15 is 0 Å². The maximum absolute atomic E-state index is 11.5. The zero-order chi connectivity index (χ0) is 14.1. The summed E-state index contributed by atoms with van der Waals surface area (Å²) in [5, 5.41) is 6.31. The van der Waals surface area contributed by atoms with Crippen molar-refractivity contribution in [2.45, 2.75) is 26.3 Å². The van der Waals surface area contributed by atoms with Gasteiger partial charge in [-0.25, -0.2) is 15.1 Å². The van der Waals surface area contributed by atoms with Crippen molar-refractivity contribution in [3.63, 3.8) is 0 Å². The van der Waals surface area contributed by atoms with Gasteiger partial charge in [-0.05, 0) is 12.0 Å². The van der Waals surface area contributed by atoms with Crippen LogP contribution in [0.1, 0.15) is 24.0 Å². The fraction of sp³-hybridized carbons (Fsp3) is 0.385. The van der Waals surface area contributed by atoms with Crippen LogP contribution in [-0.2, 0) is 19.4 Å². The Morgan fingerprint density at radius 2 is 2.30 bits per heavy atom. The number of hydrogen-bond acceptors (Lipinski definition) is 5. The average Bonchev–Trinajstić information content (AvgIpc) is 2.49. The van der Waals surface area contributed by atoms with Gasteiger partial charge in [0.15, 0.2) is 0 Å². The highest BCUT2D eigenvalue weighted by atomic mass is 35.5. The summed E-state index contributed by atoms with van der Waals surface area (Å²) in [4.78, 5) is 22.4. The van der Waals surface area contributed by atoms with Crippen molar-refractivity contribution in [2.75, 3.05) is 11.4 Å². The minimum atomic E-state index is -0.369. The van der Waals surface area contributed by atoms with Crippen LogP contribution in [0, 0.1) is 0 Å². The third kappa shape index (κ3) is 2.27. The smallest absolute Gasteiger partial charge is 0.285 e. The number of nitrogens with one attached hydrogen (secondary N) is 1. The van der Waals surface area contributed by atoms with Gasteiger partial charge in [-0.1, -0.05) is 18.5 Å². The van der Waals surface area contributed by atoms with Crippen LogP contribution in [0.3, 0.4) is 0 Å². The lowest BCUT2D eigenvalue weighted by molar-refractivity contribution is 0.689. The summed E-state index contributed by atoms with van der Waals surface area (Å²) >= 11 is 6.05. The van der Waals surface area contributed by atoms with Crippen molar-refractivity contribution in [3.8, 4) is 0 Å². The van der Waals surface area contributed by atoms with Crippen LogP contribution in [0.15, 0.2) is 17.2 Å². The van der Waals surface area contributed by atoms with Crippen molar-refractivity contribution >= 4 is 17.3 Å². The molecule has 0 atom stereocenters.